The minimum atomic E-state index is 0.795. The molecule has 130 valence electrons. The summed E-state index contributed by atoms with van der Waals surface area (Å²) in [5, 5.41) is 8.86. The summed E-state index contributed by atoms with van der Waals surface area (Å²) in [6.45, 7) is 3.48. The Morgan fingerprint density at radius 2 is 1.73 bits per heavy atom. The molecule has 2 aromatic heterocycles. The van der Waals surface area contributed by atoms with Gasteiger partial charge in [0.15, 0.2) is 5.82 Å². The van der Waals surface area contributed by atoms with Crippen LogP contribution in [0.1, 0.15) is 11.6 Å². The lowest BCUT2D eigenvalue weighted by Gasteiger charge is -2.27. The fraction of sp³-hybridized carbons (Fsp3) is 0.250. The maximum atomic E-state index is 4.79. The van der Waals surface area contributed by atoms with Gasteiger partial charge in [0, 0.05) is 25.7 Å². The molecular formula is C20H20N6. The van der Waals surface area contributed by atoms with E-state index in [0.717, 1.165) is 54.7 Å². The predicted octanol–water partition coefficient (Wildman–Crippen LogP) is 2.85. The van der Waals surface area contributed by atoms with Crippen LogP contribution in [0.2, 0.25) is 0 Å². The van der Waals surface area contributed by atoms with Crippen molar-refractivity contribution in [1.82, 2.24) is 29.2 Å². The first-order chi connectivity index (χ1) is 12.8. The number of imidazole rings is 1. The molecule has 0 atom stereocenters. The summed E-state index contributed by atoms with van der Waals surface area (Å²) < 4.78 is 4.42. The lowest BCUT2D eigenvalue weighted by atomic mass is 10.2. The average molecular weight is 344 g/mol. The Morgan fingerprint density at radius 1 is 0.923 bits per heavy atom. The highest BCUT2D eigenvalue weighted by atomic mass is 15.3. The molecule has 0 radical (unpaired) electrons. The van der Waals surface area contributed by atoms with Gasteiger partial charge in [-0.05, 0) is 12.1 Å². The zero-order valence-electron chi connectivity index (χ0n) is 14.7. The van der Waals surface area contributed by atoms with Gasteiger partial charge < -0.3 is 9.13 Å². The Balaban J connectivity index is 1.39. The second-order valence-corrected chi connectivity index (χ2v) is 6.74. The number of benzene rings is 2. The normalized spacial score (nSPS) is 14.7. The van der Waals surface area contributed by atoms with Crippen LogP contribution >= 0.6 is 0 Å². The highest BCUT2D eigenvalue weighted by Gasteiger charge is 2.23. The lowest BCUT2D eigenvalue weighted by Crippen LogP contribution is -2.34. The Bertz CT molecular complexity index is 1060. The van der Waals surface area contributed by atoms with Crippen LogP contribution in [0.4, 0.5) is 0 Å². The summed E-state index contributed by atoms with van der Waals surface area (Å²) in [7, 11) is 2.09. The fourth-order valence-corrected chi connectivity index (χ4v) is 3.68. The van der Waals surface area contributed by atoms with Gasteiger partial charge in [0.25, 0.3) is 0 Å². The number of aromatic nitrogens is 5. The fourth-order valence-electron chi connectivity index (χ4n) is 3.68. The summed E-state index contributed by atoms with van der Waals surface area (Å²) in [4.78, 5) is 7.18. The molecule has 4 aromatic rings. The smallest absolute Gasteiger partial charge is 0.164 e. The molecule has 0 saturated heterocycles. The first-order valence-electron chi connectivity index (χ1n) is 8.90. The van der Waals surface area contributed by atoms with Crippen molar-refractivity contribution in [3.63, 3.8) is 0 Å². The molecule has 6 nitrogen and oxygen atoms in total. The van der Waals surface area contributed by atoms with Gasteiger partial charge in [0.2, 0.25) is 0 Å². The lowest BCUT2D eigenvalue weighted by molar-refractivity contribution is 0.203. The van der Waals surface area contributed by atoms with E-state index in [9.17, 15) is 0 Å². The molecule has 0 unspecified atom stereocenters. The van der Waals surface area contributed by atoms with Crippen molar-refractivity contribution in [2.75, 3.05) is 6.54 Å². The van der Waals surface area contributed by atoms with Crippen molar-refractivity contribution in [3.05, 3.63) is 66.2 Å². The van der Waals surface area contributed by atoms with Gasteiger partial charge >= 0.3 is 0 Å². The second kappa shape index (κ2) is 6.07. The Labute approximate surface area is 151 Å². The molecule has 6 heteroatoms. The van der Waals surface area contributed by atoms with E-state index >= 15 is 0 Å². The third-order valence-electron chi connectivity index (χ3n) is 5.11. The molecule has 0 saturated carbocycles. The third kappa shape index (κ3) is 2.50. The summed E-state index contributed by atoms with van der Waals surface area (Å²) in [5.74, 6) is 3.07. The summed E-state index contributed by atoms with van der Waals surface area (Å²) in [6, 6.07) is 18.6. The van der Waals surface area contributed by atoms with Gasteiger partial charge in [-0.25, -0.2) is 4.98 Å². The molecule has 26 heavy (non-hydrogen) atoms. The van der Waals surface area contributed by atoms with Crippen LogP contribution in [0, 0.1) is 0 Å². The standard InChI is InChI=1S/C20H20N6/c1-24-17-10-6-5-9-16(17)21-18(24)13-25-11-12-26-19(14-25)22-23-20(26)15-7-3-2-4-8-15/h2-10H,11-14H2,1H3. The molecule has 0 bridgehead atoms. The van der Waals surface area contributed by atoms with E-state index in [-0.39, 0.29) is 0 Å². The van der Waals surface area contributed by atoms with Crippen LogP contribution in [0.25, 0.3) is 22.4 Å². The van der Waals surface area contributed by atoms with Crippen LogP contribution in [0.3, 0.4) is 0 Å². The Hall–Kier alpha value is -2.99. The van der Waals surface area contributed by atoms with E-state index in [1.54, 1.807) is 0 Å². The molecule has 1 aliphatic rings. The molecule has 0 N–H and O–H groups in total. The summed E-state index contributed by atoms with van der Waals surface area (Å²) >= 11 is 0. The number of fused-ring (bicyclic) bond motifs is 2. The molecule has 5 rings (SSSR count). The molecule has 0 aliphatic carbocycles. The Morgan fingerprint density at radius 3 is 2.58 bits per heavy atom. The maximum Gasteiger partial charge on any atom is 0.164 e. The molecule has 1 aliphatic heterocycles. The number of aryl methyl sites for hydroxylation is 1. The molecule has 3 heterocycles. The molecular weight excluding hydrogens is 324 g/mol. The van der Waals surface area contributed by atoms with E-state index in [0.29, 0.717) is 0 Å². The van der Waals surface area contributed by atoms with E-state index in [2.05, 4.69) is 61.6 Å². The maximum absolute atomic E-state index is 4.79. The molecule has 0 amide bonds. The van der Waals surface area contributed by atoms with Crippen molar-refractivity contribution in [2.45, 2.75) is 19.6 Å². The third-order valence-corrected chi connectivity index (χ3v) is 5.11. The second-order valence-electron chi connectivity index (χ2n) is 6.74. The van der Waals surface area contributed by atoms with Gasteiger partial charge in [-0.3, -0.25) is 4.90 Å². The zero-order chi connectivity index (χ0) is 17.5. The van der Waals surface area contributed by atoms with Crippen molar-refractivity contribution < 1.29 is 0 Å². The topological polar surface area (TPSA) is 51.8 Å². The van der Waals surface area contributed by atoms with Crippen molar-refractivity contribution in [3.8, 4) is 11.4 Å². The quantitative estimate of drug-likeness (QED) is 0.573. The van der Waals surface area contributed by atoms with E-state index < -0.39 is 0 Å². The monoisotopic (exact) mass is 344 g/mol. The number of para-hydroxylation sites is 2. The molecule has 0 spiro atoms. The Kier molecular flexibility index (Phi) is 3.57. The average Bonchev–Trinajstić information content (AvgIpc) is 3.24. The van der Waals surface area contributed by atoms with Crippen molar-refractivity contribution >= 4 is 11.0 Å². The molecule has 2 aromatic carbocycles. The highest BCUT2D eigenvalue weighted by molar-refractivity contribution is 5.75. The molecule has 0 fully saturated rings. The number of rotatable bonds is 3. The minimum absolute atomic E-state index is 0.795. The first kappa shape index (κ1) is 15.3. The largest absolute Gasteiger partial charge is 0.330 e. The SMILES string of the molecule is Cn1c(CN2CCn3c(nnc3-c3ccccc3)C2)nc2ccccc21. The minimum Gasteiger partial charge on any atom is -0.330 e. The van der Waals surface area contributed by atoms with Gasteiger partial charge in [0.1, 0.15) is 11.6 Å². The van der Waals surface area contributed by atoms with Crippen molar-refractivity contribution in [2.24, 2.45) is 7.05 Å². The van der Waals surface area contributed by atoms with Crippen LogP contribution < -0.4 is 0 Å². The summed E-state index contributed by atoms with van der Waals surface area (Å²) in [6.07, 6.45) is 0. The first-order valence-corrected chi connectivity index (χ1v) is 8.90. The van der Waals surface area contributed by atoms with Gasteiger partial charge in [-0.15, -0.1) is 10.2 Å². The van der Waals surface area contributed by atoms with Crippen LogP contribution in [-0.2, 0) is 26.7 Å². The van der Waals surface area contributed by atoms with Crippen molar-refractivity contribution in [1.29, 1.82) is 0 Å². The number of nitrogens with zero attached hydrogens (tertiary/aromatic N) is 6. The van der Waals surface area contributed by atoms with E-state index in [1.807, 2.05) is 24.3 Å². The summed E-state index contributed by atoms with van der Waals surface area (Å²) in [5.41, 5.74) is 3.35. The van der Waals surface area contributed by atoms with Crippen LogP contribution in [0.5, 0.6) is 0 Å². The number of hydrogen-bond donors (Lipinski definition) is 0. The van der Waals surface area contributed by atoms with Gasteiger partial charge in [0.05, 0.1) is 24.1 Å². The zero-order valence-corrected chi connectivity index (χ0v) is 14.7. The van der Waals surface area contributed by atoms with Gasteiger partial charge in [-0.2, -0.15) is 0 Å². The van der Waals surface area contributed by atoms with E-state index in [4.69, 9.17) is 4.98 Å². The highest BCUT2D eigenvalue weighted by Crippen LogP contribution is 2.23. The number of hydrogen-bond acceptors (Lipinski definition) is 4. The van der Waals surface area contributed by atoms with E-state index in [1.165, 1.54) is 5.52 Å². The van der Waals surface area contributed by atoms with Crippen LogP contribution in [0.15, 0.2) is 54.6 Å². The van der Waals surface area contributed by atoms with Gasteiger partial charge in [-0.1, -0.05) is 42.5 Å². The predicted molar refractivity (Wildman–Crippen MR) is 100 cm³/mol. The van der Waals surface area contributed by atoms with Crippen LogP contribution in [-0.4, -0.2) is 35.8 Å².